The van der Waals surface area contributed by atoms with Crippen LogP contribution in [0.1, 0.15) is 40.2 Å². The van der Waals surface area contributed by atoms with E-state index in [1.54, 1.807) is 13.3 Å². The molecule has 1 aliphatic heterocycles. The van der Waals surface area contributed by atoms with Crippen LogP contribution in [0.2, 0.25) is 0 Å². The third-order valence-electron chi connectivity index (χ3n) is 5.89. The lowest BCUT2D eigenvalue weighted by molar-refractivity contribution is 0.0714. The average molecular weight is 465 g/mol. The number of nitrogens with zero attached hydrogens (tertiary/aromatic N) is 3. The van der Waals surface area contributed by atoms with Gasteiger partial charge in [0, 0.05) is 51.1 Å². The predicted octanol–water partition coefficient (Wildman–Crippen LogP) is 4.00. The van der Waals surface area contributed by atoms with Gasteiger partial charge in [-0.2, -0.15) is 0 Å². The summed E-state index contributed by atoms with van der Waals surface area (Å²) in [5.41, 5.74) is 10.0. The van der Waals surface area contributed by atoms with Gasteiger partial charge in [-0.15, -0.1) is 24.8 Å². The first kappa shape index (κ1) is 25.1. The number of methoxy groups -OCH3 is 1. The van der Waals surface area contributed by atoms with Crippen LogP contribution in [0.3, 0.4) is 0 Å². The summed E-state index contributed by atoms with van der Waals surface area (Å²) in [4.78, 5) is 19.5. The first-order valence-corrected chi connectivity index (χ1v) is 10.2. The van der Waals surface area contributed by atoms with Crippen molar-refractivity contribution in [3.8, 4) is 0 Å². The van der Waals surface area contributed by atoms with Gasteiger partial charge >= 0.3 is 0 Å². The molecule has 3 heterocycles. The molecular formula is C23H30Cl2N4O2. The van der Waals surface area contributed by atoms with Gasteiger partial charge < -0.3 is 19.9 Å². The second kappa shape index (κ2) is 11.5. The maximum atomic E-state index is 13.3. The largest absolute Gasteiger partial charge is 0.383 e. The Balaban J connectivity index is 0.00000171. The van der Waals surface area contributed by atoms with E-state index < -0.39 is 0 Å². The first-order chi connectivity index (χ1) is 14.2. The van der Waals surface area contributed by atoms with Crippen LogP contribution in [-0.4, -0.2) is 47.2 Å². The van der Waals surface area contributed by atoms with E-state index in [2.05, 4.69) is 33.8 Å². The Morgan fingerprint density at radius 1 is 1.23 bits per heavy atom. The summed E-state index contributed by atoms with van der Waals surface area (Å²) < 4.78 is 7.27. The Labute approximate surface area is 195 Å². The van der Waals surface area contributed by atoms with Crippen LogP contribution in [0.4, 0.5) is 0 Å². The first-order valence-electron chi connectivity index (χ1n) is 10.2. The van der Waals surface area contributed by atoms with Crippen molar-refractivity contribution >= 4 is 41.6 Å². The van der Waals surface area contributed by atoms with Gasteiger partial charge in [0.2, 0.25) is 0 Å². The summed E-state index contributed by atoms with van der Waals surface area (Å²) >= 11 is 0. The van der Waals surface area contributed by atoms with Gasteiger partial charge in [-0.1, -0.05) is 24.3 Å². The minimum Gasteiger partial charge on any atom is -0.383 e. The SMILES string of the molecule is COCCn1cc(C(=O)N2CCC(c3cccc(CN)c3)CC2)c2ccncc21.Cl.Cl. The summed E-state index contributed by atoms with van der Waals surface area (Å²) in [6.45, 7) is 3.40. The van der Waals surface area contributed by atoms with Crippen molar-refractivity contribution in [1.82, 2.24) is 14.5 Å². The molecule has 1 aliphatic rings. The molecule has 0 radical (unpaired) electrons. The van der Waals surface area contributed by atoms with Crippen LogP contribution in [0.15, 0.2) is 48.9 Å². The molecule has 0 spiro atoms. The molecule has 1 fully saturated rings. The van der Waals surface area contributed by atoms with Crippen LogP contribution in [-0.2, 0) is 17.8 Å². The molecule has 4 rings (SSSR count). The fourth-order valence-corrected chi connectivity index (χ4v) is 4.24. The molecule has 3 aromatic rings. The Morgan fingerprint density at radius 2 is 2.00 bits per heavy atom. The second-order valence-corrected chi connectivity index (χ2v) is 7.64. The molecule has 0 saturated carbocycles. The number of benzene rings is 1. The van der Waals surface area contributed by atoms with Crippen LogP contribution in [0.25, 0.3) is 10.9 Å². The highest BCUT2D eigenvalue weighted by Crippen LogP contribution is 2.30. The van der Waals surface area contributed by atoms with Gasteiger partial charge in [0.05, 0.1) is 23.9 Å². The summed E-state index contributed by atoms with van der Waals surface area (Å²) in [6.07, 6.45) is 7.46. The number of hydrogen-bond acceptors (Lipinski definition) is 4. The van der Waals surface area contributed by atoms with Gasteiger partial charge in [-0.3, -0.25) is 9.78 Å². The van der Waals surface area contributed by atoms with E-state index in [-0.39, 0.29) is 30.7 Å². The molecular weight excluding hydrogens is 435 g/mol. The summed E-state index contributed by atoms with van der Waals surface area (Å²) in [5.74, 6) is 0.587. The smallest absolute Gasteiger partial charge is 0.256 e. The second-order valence-electron chi connectivity index (χ2n) is 7.64. The Bertz CT molecular complexity index is 1000. The van der Waals surface area contributed by atoms with E-state index in [0.717, 1.165) is 42.4 Å². The Morgan fingerprint density at radius 3 is 2.71 bits per heavy atom. The van der Waals surface area contributed by atoms with Crippen LogP contribution >= 0.6 is 24.8 Å². The fraction of sp³-hybridized carbons (Fsp3) is 0.391. The zero-order valence-corrected chi connectivity index (χ0v) is 19.3. The van der Waals surface area contributed by atoms with E-state index in [1.807, 2.05) is 23.4 Å². The number of halogens is 2. The number of rotatable bonds is 6. The van der Waals surface area contributed by atoms with E-state index in [0.29, 0.717) is 25.6 Å². The highest BCUT2D eigenvalue weighted by molar-refractivity contribution is 6.06. The van der Waals surface area contributed by atoms with Crippen molar-refractivity contribution in [2.24, 2.45) is 5.73 Å². The lowest BCUT2D eigenvalue weighted by Gasteiger charge is -2.32. The van der Waals surface area contributed by atoms with Crippen molar-refractivity contribution in [3.63, 3.8) is 0 Å². The number of likely N-dealkylation sites (tertiary alicyclic amines) is 1. The van der Waals surface area contributed by atoms with Gasteiger partial charge in [0.15, 0.2) is 0 Å². The Hall–Kier alpha value is -2.12. The zero-order valence-electron chi connectivity index (χ0n) is 17.7. The van der Waals surface area contributed by atoms with Gasteiger partial charge in [-0.25, -0.2) is 0 Å². The quantitative estimate of drug-likeness (QED) is 0.597. The molecule has 1 aromatic carbocycles. The fourth-order valence-electron chi connectivity index (χ4n) is 4.24. The summed E-state index contributed by atoms with van der Waals surface area (Å²) in [6, 6.07) is 10.5. The maximum Gasteiger partial charge on any atom is 0.256 e. The monoisotopic (exact) mass is 464 g/mol. The number of pyridine rings is 1. The molecule has 1 saturated heterocycles. The van der Waals surface area contributed by atoms with Crippen molar-refractivity contribution in [2.75, 3.05) is 26.8 Å². The third-order valence-corrected chi connectivity index (χ3v) is 5.89. The van der Waals surface area contributed by atoms with E-state index in [9.17, 15) is 4.79 Å². The molecule has 1 amide bonds. The van der Waals surface area contributed by atoms with Crippen molar-refractivity contribution < 1.29 is 9.53 Å². The number of nitrogens with two attached hydrogens (primary N) is 1. The minimum atomic E-state index is 0. The zero-order chi connectivity index (χ0) is 20.2. The van der Waals surface area contributed by atoms with Crippen molar-refractivity contribution in [2.45, 2.75) is 31.8 Å². The van der Waals surface area contributed by atoms with E-state index in [1.165, 1.54) is 11.1 Å². The van der Waals surface area contributed by atoms with Crippen LogP contribution in [0.5, 0.6) is 0 Å². The topological polar surface area (TPSA) is 73.4 Å². The number of amides is 1. The van der Waals surface area contributed by atoms with Crippen LogP contribution < -0.4 is 5.73 Å². The minimum absolute atomic E-state index is 0. The van der Waals surface area contributed by atoms with Gasteiger partial charge in [-0.05, 0) is 36.0 Å². The highest BCUT2D eigenvalue weighted by Gasteiger charge is 2.26. The third kappa shape index (κ3) is 5.39. The van der Waals surface area contributed by atoms with E-state index >= 15 is 0 Å². The highest BCUT2D eigenvalue weighted by atomic mass is 35.5. The lowest BCUT2D eigenvalue weighted by Crippen LogP contribution is -2.37. The molecule has 0 aliphatic carbocycles. The summed E-state index contributed by atoms with van der Waals surface area (Å²) in [5, 5.41) is 0.957. The average Bonchev–Trinajstić information content (AvgIpc) is 3.16. The van der Waals surface area contributed by atoms with Crippen LogP contribution in [0, 0.1) is 0 Å². The number of hydrogen-bond donors (Lipinski definition) is 1. The van der Waals surface area contributed by atoms with Gasteiger partial charge in [0.1, 0.15) is 0 Å². The molecule has 2 N–H and O–H groups in total. The molecule has 0 bridgehead atoms. The molecule has 6 nitrogen and oxygen atoms in total. The number of fused-ring (bicyclic) bond motifs is 1. The normalized spacial score (nSPS) is 14.2. The van der Waals surface area contributed by atoms with Gasteiger partial charge in [0.25, 0.3) is 5.91 Å². The lowest BCUT2D eigenvalue weighted by atomic mass is 9.88. The molecule has 168 valence electrons. The number of carbonyl (C=O) groups is 1. The molecule has 2 aromatic heterocycles. The molecule has 0 atom stereocenters. The van der Waals surface area contributed by atoms with E-state index in [4.69, 9.17) is 10.5 Å². The number of piperidine rings is 1. The Kier molecular flexibility index (Phi) is 9.32. The molecule has 8 heteroatoms. The predicted molar refractivity (Wildman–Crippen MR) is 128 cm³/mol. The number of aromatic nitrogens is 2. The standard InChI is InChI=1S/C23H28N4O2.2ClH/c1-29-12-11-27-16-21(20-5-8-25-15-22(20)27)23(28)26-9-6-18(7-10-26)19-4-2-3-17(13-19)14-24;;/h2-5,8,13,15-16,18H,6-7,9-12,14,24H2,1H3;2*1H. The molecule has 0 unspecified atom stereocenters. The van der Waals surface area contributed by atoms with Crippen molar-refractivity contribution in [1.29, 1.82) is 0 Å². The maximum absolute atomic E-state index is 13.3. The number of ether oxygens (including phenoxy) is 1. The molecule has 31 heavy (non-hydrogen) atoms. The number of carbonyl (C=O) groups excluding carboxylic acids is 1. The van der Waals surface area contributed by atoms with Crippen molar-refractivity contribution in [3.05, 3.63) is 65.6 Å². The summed E-state index contributed by atoms with van der Waals surface area (Å²) in [7, 11) is 1.68.